The minimum absolute atomic E-state index is 0.0234. The van der Waals surface area contributed by atoms with Gasteiger partial charge in [0, 0.05) is 47.9 Å². The van der Waals surface area contributed by atoms with Crippen LogP contribution in [0.3, 0.4) is 0 Å². The molecule has 7 heteroatoms. The molecule has 5 heterocycles. The molecule has 1 amide bonds. The Kier molecular flexibility index (Phi) is 4.08. The van der Waals surface area contributed by atoms with E-state index in [9.17, 15) is 9.90 Å². The zero-order valence-electron chi connectivity index (χ0n) is 20.0. The zero-order chi connectivity index (χ0) is 23.4. The molecule has 5 fully saturated rings. The number of carbonyl (C=O) groups is 1. The maximum Gasteiger partial charge on any atom is 0.230 e. The molecule has 7 aliphatic rings. The van der Waals surface area contributed by atoms with Crippen LogP contribution in [0.25, 0.3) is 0 Å². The first-order chi connectivity index (χ1) is 17.1. The third-order valence-corrected chi connectivity index (χ3v) is 10.4. The molecule has 0 radical (unpaired) electrons. The van der Waals surface area contributed by atoms with Crippen LogP contribution in [-0.4, -0.2) is 68.6 Å². The van der Waals surface area contributed by atoms with E-state index >= 15 is 0 Å². The quantitative estimate of drug-likeness (QED) is 0.737. The highest BCUT2D eigenvalue weighted by Crippen LogP contribution is 2.71. The number of piperidine rings is 1. The Morgan fingerprint density at radius 2 is 1.97 bits per heavy atom. The minimum atomic E-state index is -0.111. The molecular formula is C28H32N4O3. The molecule has 2 aromatic rings. The number of hydrogen-bond donors (Lipinski definition) is 1. The fraction of sp³-hybridized carbons (Fsp3) is 0.607. The van der Waals surface area contributed by atoms with Crippen molar-refractivity contribution in [2.45, 2.75) is 75.0 Å². The molecule has 182 valence electrons. The topological polar surface area (TPSA) is 78.8 Å². The van der Waals surface area contributed by atoms with Gasteiger partial charge in [-0.2, -0.15) is 0 Å². The highest BCUT2D eigenvalue weighted by molar-refractivity contribution is 5.79. The summed E-state index contributed by atoms with van der Waals surface area (Å²) in [5.74, 6) is 2.50. The molecule has 9 rings (SSSR count). The molecule has 3 aliphatic carbocycles. The van der Waals surface area contributed by atoms with Crippen molar-refractivity contribution in [2.24, 2.45) is 11.3 Å². The summed E-state index contributed by atoms with van der Waals surface area (Å²) in [4.78, 5) is 27.2. The van der Waals surface area contributed by atoms with Gasteiger partial charge in [0.25, 0.3) is 0 Å². The van der Waals surface area contributed by atoms with E-state index in [1.165, 1.54) is 30.5 Å². The lowest BCUT2D eigenvalue weighted by Gasteiger charge is -2.66. The largest absolute Gasteiger partial charge is 0.504 e. The Morgan fingerprint density at radius 3 is 2.80 bits per heavy atom. The molecular weight excluding hydrogens is 440 g/mol. The minimum Gasteiger partial charge on any atom is -0.504 e. The molecule has 0 unspecified atom stereocenters. The van der Waals surface area contributed by atoms with Crippen molar-refractivity contribution in [1.29, 1.82) is 0 Å². The lowest BCUT2D eigenvalue weighted by Crippen LogP contribution is -2.72. The van der Waals surface area contributed by atoms with Crippen molar-refractivity contribution in [3.63, 3.8) is 0 Å². The van der Waals surface area contributed by atoms with E-state index in [0.717, 1.165) is 51.1 Å². The number of benzene rings is 1. The number of phenols is 1. The van der Waals surface area contributed by atoms with Crippen molar-refractivity contribution >= 4 is 5.91 Å². The second kappa shape index (κ2) is 6.96. The SMILES string of the molecule is O=C(Cc1ncccn1)N1CC[C@@]23CC[C@@H]1[C@@H]1Oc4c(O)ccc5c4[C@@]12CCN(CC1CC1)[C@@H]3C5. The second-order valence-electron chi connectivity index (χ2n) is 11.8. The number of amides is 1. The molecule has 1 aromatic carbocycles. The van der Waals surface area contributed by atoms with Crippen molar-refractivity contribution in [3.05, 3.63) is 47.5 Å². The van der Waals surface area contributed by atoms with E-state index in [1.54, 1.807) is 18.5 Å². The molecule has 2 spiro atoms. The van der Waals surface area contributed by atoms with E-state index < -0.39 is 0 Å². The molecule has 4 aliphatic heterocycles. The van der Waals surface area contributed by atoms with E-state index in [-0.39, 0.29) is 41.1 Å². The number of ether oxygens (including phenoxy) is 1. The molecule has 1 N–H and O–H groups in total. The summed E-state index contributed by atoms with van der Waals surface area (Å²) in [5, 5.41) is 10.9. The van der Waals surface area contributed by atoms with Gasteiger partial charge in [-0.1, -0.05) is 6.07 Å². The van der Waals surface area contributed by atoms with Gasteiger partial charge in [-0.15, -0.1) is 0 Å². The fourth-order valence-corrected chi connectivity index (χ4v) is 8.96. The second-order valence-corrected chi connectivity index (χ2v) is 11.8. The van der Waals surface area contributed by atoms with Crippen molar-refractivity contribution in [1.82, 2.24) is 19.8 Å². The van der Waals surface area contributed by atoms with Gasteiger partial charge in [-0.3, -0.25) is 9.69 Å². The summed E-state index contributed by atoms with van der Waals surface area (Å²) in [6, 6.07) is 6.27. The first-order valence-electron chi connectivity index (χ1n) is 13.4. The first kappa shape index (κ1) is 20.5. The zero-order valence-corrected chi connectivity index (χ0v) is 20.0. The first-order valence-corrected chi connectivity index (χ1v) is 13.4. The Morgan fingerprint density at radius 1 is 1.11 bits per heavy atom. The summed E-state index contributed by atoms with van der Waals surface area (Å²) in [7, 11) is 0. The number of likely N-dealkylation sites (tertiary alicyclic amines) is 1. The third-order valence-electron chi connectivity index (χ3n) is 10.4. The van der Waals surface area contributed by atoms with Crippen LogP contribution >= 0.6 is 0 Å². The maximum absolute atomic E-state index is 13.7. The Hall–Kier alpha value is -2.67. The molecule has 1 aromatic heterocycles. The molecule has 3 saturated heterocycles. The Bertz CT molecular complexity index is 1220. The standard InChI is InChI=1S/C28H32N4O3/c33-20-5-4-18-14-21-27-7-6-19(32(13-8-27)23(34)15-22-29-10-1-11-30-22)26-28(27,24(18)25(20)35-26)9-12-31(21)16-17-2-3-17/h1,4-5,10-11,17,19,21,26,33H,2-3,6-9,12-16H2/t19-,21-,26+,27-,28+/m1/s1. The Labute approximate surface area is 205 Å². The number of hydrogen-bond acceptors (Lipinski definition) is 6. The van der Waals surface area contributed by atoms with E-state index in [4.69, 9.17) is 4.74 Å². The highest BCUT2D eigenvalue weighted by Gasteiger charge is 2.74. The number of phenolic OH excluding ortho intramolecular Hbond substituents is 1. The number of aromatic hydroxyl groups is 1. The average Bonchev–Trinajstić information content (AvgIpc) is 3.65. The third kappa shape index (κ3) is 2.57. The van der Waals surface area contributed by atoms with Gasteiger partial charge in [0.15, 0.2) is 11.5 Å². The number of rotatable bonds is 4. The van der Waals surface area contributed by atoms with Crippen LogP contribution in [0.5, 0.6) is 11.5 Å². The lowest BCUT2D eigenvalue weighted by molar-refractivity contribution is -0.143. The number of nitrogens with zero attached hydrogens (tertiary/aromatic N) is 4. The van der Waals surface area contributed by atoms with Gasteiger partial charge in [0.1, 0.15) is 11.9 Å². The summed E-state index contributed by atoms with van der Waals surface area (Å²) >= 11 is 0. The smallest absolute Gasteiger partial charge is 0.230 e. The normalized spacial score (nSPS) is 36.5. The van der Waals surface area contributed by atoms with Crippen molar-refractivity contribution < 1.29 is 14.6 Å². The predicted octanol–water partition coefficient (Wildman–Crippen LogP) is 2.85. The monoisotopic (exact) mass is 472 g/mol. The van der Waals surface area contributed by atoms with Gasteiger partial charge in [0.05, 0.1) is 12.5 Å². The van der Waals surface area contributed by atoms with Crippen LogP contribution in [0, 0.1) is 11.3 Å². The maximum atomic E-state index is 13.7. The highest BCUT2D eigenvalue weighted by atomic mass is 16.5. The van der Waals surface area contributed by atoms with Gasteiger partial charge in [-0.25, -0.2) is 9.97 Å². The number of fused-ring (bicyclic) bond motifs is 3. The summed E-state index contributed by atoms with van der Waals surface area (Å²) in [6.45, 7) is 3.08. The van der Waals surface area contributed by atoms with Crippen LogP contribution in [0.1, 0.15) is 55.5 Å². The number of aromatic nitrogens is 2. The van der Waals surface area contributed by atoms with E-state index in [2.05, 4.69) is 25.8 Å². The summed E-state index contributed by atoms with van der Waals surface area (Å²) < 4.78 is 6.78. The lowest BCUT2D eigenvalue weighted by atomic mass is 9.42. The Balaban J connectivity index is 1.25. The van der Waals surface area contributed by atoms with Crippen LogP contribution < -0.4 is 4.74 Å². The van der Waals surface area contributed by atoms with Crippen LogP contribution in [-0.2, 0) is 23.1 Å². The number of carbonyl (C=O) groups excluding carboxylic acids is 1. The summed E-state index contributed by atoms with van der Waals surface area (Å²) in [6.07, 6.45) is 11.5. The molecule has 7 nitrogen and oxygen atoms in total. The van der Waals surface area contributed by atoms with Gasteiger partial charge in [-0.05, 0) is 75.1 Å². The van der Waals surface area contributed by atoms with Crippen LogP contribution in [0.15, 0.2) is 30.6 Å². The van der Waals surface area contributed by atoms with E-state index in [0.29, 0.717) is 17.6 Å². The van der Waals surface area contributed by atoms with Gasteiger partial charge in [0.2, 0.25) is 5.91 Å². The average molecular weight is 473 g/mol. The van der Waals surface area contributed by atoms with Crippen molar-refractivity contribution in [3.8, 4) is 11.5 Å². The van der Waals surface area contributed by atoms with Crippen LogP contribution in [0.2, 0.25) is 0 Å². The molecule has 4 bridgehead atoms. The van der Waals surface area contributed by atoms with Gasteiger partial charge < -0.3 is 14.7 Å². The molecule has 35 heavy (non-hydrogen) atoms. The predicted molar refractivity (Wildman–Crippen MR) is 128 cm³/mol. The molecule has 2 saturated carbocycles. The van der Waals surface area contributed by atoms with Gasteiger partial charge >= 0.3 is 0 Å². The fourth-order valence-electron chi connectivity index (χ4n) is 8.96. The molecule has 5 atom stereocenters. The summed E-state index contributed by atoms with van der Waals surface area (Å²) in [5.41, 5.74) is 2.63. The van der Waals surface area contributed by atoms with Crippen LogP contribution in [0.4, 0.5) is 0 Å². The van der Waals surface area contributed by atoms with E-state index in [1.807, 2.05) is 6.07 Å². The van der Waals surface area contributed by atoms with Crippen molar-refractivity contribution in [2.75, 3.05) is 19.6 Å².